The first-order valence-electron chi connectivity index (χ1n) is 5.08. The molecule has 4 heteroatoms. The van der Waals surface area contributed by atoms with Crippen molar-refractivity contribution in [3.63, 3.8) is 0 Å². The Balaban J connectivity index is 2.12. The van der Waals surface area contributed by atoms with Crippen molar-refractivity contribution in [1.82, 2.24) is 15.1 Å². The van der Waals surface area contributed by atoms with Gasteiger partial charge in [-0.05, 0) is 39.3 Å². The van der Waals surface area contributed by atoms with Crippen LogP contribution in [0, 0.1) is 19.8 Å². The van der Waals surface area contributed by atoms with Gasteiger partial charge >= 0.3 is 0 Å². The molecule has 1 saturated heterocycles. The van der Waals surface area contributed by atoms with E-state index in [1.165, 1.54) is 6.42 Å². The molecule has 1 aromatic heterocycles. The second kappa shape index (κ2) is 3.91. The van der Waals surface area contributed by atoms with Crippen LogP contribution in [0.2, 0.25) is 5.02 Å². The lowest BCUT2D eigenvalue weighted by molar-refractivity contribution is 0.441. The largest absolute Gasteiger partial charge is 0.316 e. The molecular weight excluding hydrogens is 198 g/mol. The quantitative estimate of drug-likeness (QED) is 0.812. The average Bonchev–Trinajstić information content (AvgIpc) is 2.73. The Hall–Kier alpha value is -0.540. The highest BCUT2D eigenvalue weighted by molar-refractivity contribution is 6.31. The smallest absolute Gasteiger partial charge is 0.0844 e. The fourth-order valence-electron chi connectivity index (χ4n) is 1.97. The number of aryl methyl sites for hydroxylation is 1. The molecule has 0 aromatic carbocycles. The van der Waals surface area contributed by atoms with Crippen molar-refractivity contribution in [2.75, 3.05) is 13.1 Å². The van der Waals surface area contributed by atoms with E-state index in [0.29, 0.717) is 5.92 Å². The summed E-state index contributed by atoms with van der Waals surface area (Å²) in [7, 11) is 0. The molecule has 0 spiro atoms. The maximum absolute atomic E-state index is 6.08. The van der Waals surface area contributed by atoms with Gasteiger partial charge in [-0.2, -0.15) is 5.10 Å². The highest BCUT2D eigenvalue weighted by Gasteiger charge is 2.17. The van der Waals surface area contributed by atoms with Crippen molar-refractivity contribution in [2.24, 2.45) is 5.92 Å². The number of nitrogens with zero attached hydrogens (tertiary/aromatic N) is 2. The van der Waals surface area contributed by atoms with Crippen molar-refractivity contribution in [1.29, 1.82) is 0 Å². The van der Waals surface area contributed by atoms with E-state index >= 15 is 0 Å². The molecule has 14 heavy (non-hydrogen) atoms. The molecule has 0 saturated carbocycles. The molecule has 2 heterocycles. The lowest BCUT2D eigenvalue weighted by atomic mass is 10.1. The number of hydrogen-bond acceptors (Lipinski definition) is 2. The van der Waals surface area contributed by atoms with Gasteiger partial charge in [0.05, 0.1) is 16.4 Å². The van der Waals surface area contributed by atoms with Crippen LogP contribution in [0.15, 0.2) is 0 Å². The summed E-state index contributed by atoms with van der Waals surface area (Å²) in [6.07, 6.45) is 1.25. The van der Waals surface area contributed by atoms with Gasteiger partial charge in [-0.15, -0.1) is 0 Å². The highest BCUT2D eigenvalue weighted by atomic mass is 35.5. The van der Waals surface area contributed by atoms with Crippen LogP contribution in [0.1, 0.15) is 17.8 Å². The van der Waals surface area contributed by atoms with Gasteiger partial charge in [0, 0.05) is 6.54 Å². The third-order valence-corrected chi connectivity index (χ3v) is 3.43. The van der Waals surface area contributed by atoms with Crippen LogP contribution >= 0.6 is 11.6 Å². The molecular formula is C10H16ClN3. The van der Waals surface area contributed by atoms with Gasteiger partial charge in [-0.1, -0.05) is 11.6 Å². The van der Waals surface area contributed by atoms with Crippen LogP contribution in [-0.4, -0.2) is 22.9 Å². The molecule has 1 N–H and O–H groups in total. The Morgan fingerprint density at radius 2 is 2.36 bits per heavy atom. The van der Waals surface area contributed by atoms with E-state index in [0.717, 1.165) is 36.0 Å². The van der Waals surface area contributed by atoms with Crippen molar-refractivity contribution in [3.8, 4) is 0 Å². The minimum Gasteiger partial charge on any atom is -0.316 e. The first-order chi connectivity index (χ1) is 6.68. The first-order valence-corrected chi connectivity index (χ1v) is 5.46. The maximum Gasteiger partial charge on any atom is 0.0844 e. The van der Waals surface area contributed by atoms with E-state index in [9.17, 15) is 0 Å². The second-order valence-electron chi connectivity index (χ2n) is 4.03. The van der Waals surface area contributed by atoms with Gasteiger partial charge in [0.15, 0.2) is 0 Å². The topological polar surface area (TPSA) is 29.9 Å². The third kappa shape index (κ3) is 1.79. The molecule has 1 aliphatic rings. The zero-order valence-corrected chi connectivity index (χ0v) is 9.43. The Labute approximate surface area is 89.4 Å². The molecule has 2 rings (SSSR count). The van der Waals surface area contributed by atoms with E-state index in [2.05, 4.69) is 10.4 Å². The van der Waals surface area contributed by atoms with Gasteiger partial charge in [0.2, 0.25) is 0 Å². The number of aromatic nitrogens is 2. The van der Waals surface area contributed by atoms with Crippen LogP contribution in [0.5, 0.6) is 0 Å². The second-order valence-corrected chi connectivity index (χ2v) is 4.40. The van der Waals surface area contributed by atoms with E-state index in [1.54, 1.807) is 0 Å². The molecule has 0 amide bonds. The van der Waals surface area contributed by atoms with Crippen LogP contribution in [0.25, 0.3) is 0 Å². The zero-order valence-electron chi connectivity index (χ0n) is 8.68. The Morgan fingerprint density at radius 1 is 1.57 bits per heavy atom. The Kier molecular flexibility index (Phi) is 2.79. The molecule has 1 aromatic rings. The van der Waals surface area contributed by atoms with Crippen molar-refractivity contribution in [3.05, 3.63) is 16.4 Å². The summed E-state index contributed by atoms with van der Waals surface area (Å²) in [4.78, 5) is 0. The van der Waals surface area contributed by atoms with E-state index in [4.69, 9.17) is 11.6 Å². The van der Waals surface area contributed by atoms with Gasteiger partial charge < -0.3 is 5.32 Å². The monoisotopic (exact) mass is 213 g/mol. The van der Waals surface area contributed by atoms with Crippen LogP contribution in [0.4, 0.5) is 0 Å². The number of halogens is 1. The van der Waals surface area contributed by atoms with Crippen LogP contribution in [-0.2, 0) is 6.54 Å². The fourth-order valence-corrected chi connectivity index (χ4v) is 2.10. The molecule has 1 atom stereocenters. The number of hydrogen-bond donors (Lipinski definition) is 1. The van der Waals surface area contributed by atoms with Crippen LogP contribution < -0.4 is 5.32 Å². The number of nitrogens with one attached hydrogen (secondary N) is 1. The molecule has 0 radical (unpaired) electrons. The van der Waals surface area contributed by atoms with Crippen molar-refractivity contribution < 1.29 is 0 Å². The molecule has 1 unspecified atom stereocenters. The summed E-state index contributed by atoms with van der Waals surface area (Å²) in [5.41, 5.74) is 2.03. The Bertz CT molecular complexity index is 326. The minimum atomic E-state index is 0.712. The lowest BCUT2D eigenvalue weighted by Gasteiger charge is -2.09. The third-order valence-electron chi connectivity index (χ3n) is 2.89. The zero-order chi connectivity index (χ0) is 10.1. The molecule has 3 nitrogen and oxygen atoms in total. The summed E-state index contributed by atoms with van der Waals surface area (Å²) in [5.74, 6) is 0.712. The van der Waals surface area contributed by atoms with Gasteiger partial charge in [-0.3, -0.25) is 4.68 Å². The SMILES string of the molecule is Cc1nn(CC2CCNC2)c(C)c1Cl. The lowest BCUT2D eigenvalue weighted by Crippen LogP contribution is -2.16. The summed E-state index contributed by atoms with van der Waals surface area (Å²) in [6, 6.07) is 0. The van der Waals surface area contributed by atoms with Gasteiger partial charge in [-0.25, -0.2) is 0 Å². The molecule has 78 valence electrons. The predicted octanol–water partition coefficient (Wildman–Crippen LogP) is 1.76. The fraction of sp³-hybridized carbons (Fsp3) is 0.700. The molecule has 1 fully saturated rings. The normalized spacial score (nSPS) is 21.8. The maximum atomic E-state index is 6.08. The average molecular weight is 214 g/mol. The molecule has 0 aliphatic carbocycles. The van der Waals surface area contributed by atoms with Crippen molar-refractivity contribution >= 4 is 11.6 Å². The minimum absolute atomic E-state index is 0.712. The van der Waals surface area contributed by atoms with Crippen LogP contribution in [0.3, 0.4) is 0 Å². The van der Waals surface area contributed by atoms with Gasteiger partial charge in [0.1, 0.15) is 0 Å². The van der Waals surface area contributed by atoms with Gasteiger partial charge in [0.25, 0.3) is 0 Å². The van der Waals surface area contributed by atoms with E-state index in [-0.39, 0.29) is 0 Å². The first kappa shape index (κ1) is 9.99. The predicted molar refractivity (Wildman–Crippen MR) is 57.7 cm³/mol. The number of rotatable bonds is 2. The summed E-state index contributed by atoms with van der Waals surface area (Å²) >= 11 is 6.08. The van der Waals surface area contributed by atoms with Crippen molar-refractivity contribution in [2.45, 2.75) is 26.8 Å². The Morgan fingerprint density at radius 3 is 2.86 bits per heavy atom. The summed E-state index contributed by atoms with van der Waals surface area (Å²) < 4.78 is 2.04. The molecule has 1 aliphatic heterocycles. The van der Waals surface area contributed by atoms with E-state index in [1.807, 2.05) is 18.5 Å². The standard InChI is InChI=1S/C10H16ClN3/c1-7-10(11)8(2)14(13-7)6-9-3-4-12-5-9/h9,12H,3-6H2,1-2H3. The highest BCUT2D eigenvalue weighted by Crippen LogP contribution is 2.20. The van der Waals surface area contributed by atoms with E-state index < -0.39 is 0 Å². The molecule has 0 bridgehead atoms. The summed E-state index contributed by atoms with van der Waals surface area (Å²) in [5, 5.41) is 8.61. The summed E-state index contributed by atoms with van der Waals surface area (Å²) in [6.45, 7) is 7.23.